The van der Waals surface area contributed by atoms with E-state index in [1.807, 2.05) is 0 Å². The molecule has 0 spiro atoms. The van der Waals surface area contributed by atoms with Crippen LogP contribution in [0.15, 0.2) is 35.8 Å². The van der Waals surface area contributed by atoms with E-state index in [1.165, 1.54) is 23.1 Å². The molecule has 198 valence electrons. The van der Waals surface area contributed by atoms with Crippen molar-refractivity contribution in [3.05, 3.63) is 41.4 Å². The van der Waals surface area contributed by atoms with Gasteiger partial charge < -0.3 is 24.6 Å². The van der Waals surface area contributed by atoms with Gasteiger partial charge in [-0.3, -0.25) is 14.9 Å². The second-order valence-electron chi connectivity index (χ2n) is 9.43. The van der Waals surface area contributed by atoms with Gasteiger partial charge in [0, 0.05) is 67.9 Å². The molecule has 0 aliphatic carbocycles. The van der Waals surface area contributed by atoms with Crippen molar-refractivity contribution >= 4 is 17.9 Å². The summed E-state index contributed by atoms with van der Waals surface area (Å²) in [4.78, 5) is 14.7. The highest BCUT2D eigenvalue weighted by molar-refractivity contribution is 6.09. The molecular weight excluding hydrogens is 489 g/mol. The molecule has 3 aliphatic rings. The largest absolute Gasteiger partial charge is 0.490 e. The Hall–Kier alpha value is -3.54. The van der Waals surface area contributed by atoms with Crippen LogP contribution in [0.25, 0.3) is 11.1 Å². The number of aryl methyl sites for hydroxylation is 1. The molecule has 0 saturated carbocycles. The van der Waals surface area contributed by atoms with Crippen LogP contribution in [-0.2, 0) is 22.8 Å². The van der Waals surface area contributed by atoms with Crippen LogP contribution >= 0.6 is 0 Å². The summed E-state index contributed by atoms with van der Waals surface area (Å²) in [6, 6.07) is 2.62. The predicted molar refractivity (Wildman–Crippen MR) is 130 cm³/mol. The maximum Gasteiger partial charge on any atom is 0.417 e. The first-order chi connectivity index (χ1) is 17.7. The number of alkyl halides is 3. The van der Waals surface area contributed by atoms with Gasteiger partial charge >= 0.3 is 6.18 Å². The summed E-state index contributed by atoms with van der Waals surface area (Å²) in [5, 5.41) is 16.6. The van der Waals surface area contributed by atoms with E-state index >= 15 is 0 Å². The lowest BCUT2D eigenvalue weighted by atomic mass is 9.98. The van der Waals surface area contributed by atoms with Gasteiger partial charge in [0.15, 0.2) is 0 Å². The number of ether oxygens (including phenoxy) is 2. The molecule has 0 bridgehead atoms. The first kappa shape index (κ1) is 25.1. The lowest BCUT2D eigenvalue weighted by molar-refractivity contribution is -0.137. The van der Waals surface area contributed by atoms with Gasteiger partial charge in [-0.25, -0.2) is 0 Å². The number of benzene rings is 1. The fraction of sp³-hybridized carbons (Fsp3) is 0.480. The third-order valence-electron chi connectivity index (χ3n) is 6.96. The van der Waals surface area contributed by atoms with Crippen LogP contribution in [0.2, 0.25) is 0 Å². The maximum atomic E-state index is 14.2. The molecule has 0 unspecified atom stereocenters. The van der Waals surface area contributed by atoms with Crippen molar-refractivity contribution < 1.29 is 27.4 Å². The van der Waals surface area contributed by atoms with Crippen LogP contribution in [0.5, 0.6) is 5.75 Å². The Morgan fingerprint density at radius 3 is 2.68 bits per heavy atom. The number of fused-ring (bicyclic) bond motifs is 1. The van der Waals surface area contributed by atoms with Gasteiger partial charge in [-0.2, -0.15) is 18.3 Å². The van der Waals surface area contributed by atoms with Gasteiger partial charge in [0.1, 0.15) is 18.2 Å². The molecule has 1 aromatic carbocycles. The number of amides is 1. The molecule has 1 saturated heterocycles. The van der Waals surface area contributed by atoms with Crippen LogP contribution in [0.3, 0.4) is 0 Å². The number of anilines is 1. The van der Waals surface area contributed by atoms with Gasteiger partial charge in [0.2, 0.25) is 6.41 Å². The molecule has 1 aromatic heterocycles. The molecule has 0 radical (unpaired) electrons. The number of hydrogen-bond donors (Lipinski definition) is 2. The Labute approximate surface area is 212 Å². The van der Waals surface area contributed by atoms with Crippen LogP contribution in [0.1, 0.15) is 24.8 Å². The standard InChI is InChI=1S/C25H29F3N6O3/c1-32-13-16(12-30-32)18-10-23-22(11-20(18)25(26,27)28)34(6-9-37-23)24(29)19-14-33(15-35)5-2-21(19)31-17-3-7-36-8-4-17/h10-13,15,17,29,31H,2-9,14H2,1H3. The molecule has 2 N–H and O–H groups in total. The molecule has 12 heteroatoms. The summed E-state index contributed by atoms with van der Waals surface area (Å²) >= 11 is 0. The summed E-state index contributed by atoms with van der Waals surface area (Å²) in [7, 11) is 1.64. The zero-order chi connectivity index (χ0) is 26.2. The molecule has 1 fully saturated rings. The lowest BCUT2D eigenvalue weighted by Gasteiger charge is -2.37. The van der Waals surface area contributed by atoms with E-state index in [2.05, 4.69) is 10.4 Å². The van der Waals surface area contributed by atoms with E-state index in [0.717, 1.165) is 31.0 Å². The Bertz CT molecular complexity index is 1220. The third kappa shape index (κ3) is 5.15. The zero-order valence-electron chi connectivity index (χ0n) is 20.5. The van der Waals surface area contributed by atoms with Crippen molar-refractivity contribution in [2.45, 2.75) is 31.5 Å². The van der Waals surface area contributed by atoms with Crippen molar-refractivity contribution in [1.29, 1.82) is 5.41 Å². The molecule has 9 nitrogen and oxygen atoms in total. The van der Waals surface area contributed by atoms with E-state index in [4.69, 9.17) is 14.9 Å². The number of nitrogens with one attached hydrogen (secondary N) is 2. The maximum absolute atomic E-state index is 14.2. The molecule has 1 amide bonds. The minimum atomic E-state index is -4.63. The van der Waals surface area contributed by atoms with Gasteiger partial charge in [-0.05, 0) is 25.0 Å². The number of carbonyl (C=O) groups is 1. The molecule has 5 rings (SSSR count). The molecule has 0 atom stereocenters. The van der Waals surface area contributed by atoms with E-state index in [-0.39, 0.29) is 48.6 Å². The average Bonchev–Trinajstić information content (AvgIpc) is 3.33. The van der Waals surface area contributed by atoms with E-state index in [1.54, 1.807) is 16.8 Å². The Balaban J connectivity index is 1.54. The number of rotatable bonds is 5. The van der Waals surface area contributed by atoms with Gasteiger partial charge in [-0.15, -0.1) is 0 Å². The van der Waals surface area contributed by atoms with Gasteiger partial charge in [0.05, 0.1) is 30.5 Å². The van der Waals surface area contributed by atoms with Crippen molar-refractivity contribution in [3.63, 3.8) is 0 Å². The second kappa shape index (κ2) is 10.1. The zero-order valence-corrected chi connectivity index (χ0v) is 20.5. The number of halogens is 3. The first-order valence-electron chi connectivity index (χ1n) is 12.2. The van der Waals surface area contributed by atoms with Crippen molar-refractivity contribution in [2.24, 2.45) is 7.05 Å². The molecular formula is C25H29F3N6O3. The summed E-state index contributed by atoms with van der Waals surface area (Å²) < 4.78 is 55.3. The number of nitrogens with zero attached hydrogens (tertiary/aromatic N) is 4. The van der Waals surface area contributed by atoms with Crippen LogP contribution < -0.4 is 15.0 Å². The van der Waals surface area contributed by atoms with Crippen LogP contribution in [0.4, 0.5) is 18.9 Å². The van der Waals surface area contributed by atoms with E-state index in [9.17, 15) is 18.0 Å². The number of aromatic nitrogens is 2. The Kier molecular flexibility index (Phi) is 6.84. The normalized spacial score (nSPS) is 18.9. The Morgan fingerprint density at radius 1 is 1.22 bits per heavy atom. The predicted octanol–water partition coefficient (Wildman–Crippen LogP) is 3.17. The van der Waals surface area contributed by atoms with Crippen molar-refractivity contribution in [3.8, 4) is 16.9 Å². The number of carbonyl (C=O) groups excluding carboxylic acids is 1. The smallest absolute Gasteiger partial charge is 0.417 e. The van der Waals surface area contributed by atoms with Gasteiger partial charge in [-0.1, -0.05) is 0 Å². The minimum absolute atomic E-state index is 0.0291. The molecule has 4 heterocycles. The highest BCUT2D eigenvalue weighted by Gasteiger charge is 2.38. The van der Waals surface area contributed by atoms with Crippen molar-refractivity contribution in [1.82, 2.24) is 20.0 Å². The highest BCUT2D eigenvalue weighted by atomic mass is 19.4. The monoisotopic (exact) mass is 518 g/mol. The molecule has 3 aliphatic heterocycles. The topological polar surface area (TPSA) is 95.7 Å². The highest BCUT2D eigenvalue weighted by Crippen LogP contribution is 2.45. The summed E-state index contributed by atoms with van der Waals surface area (Å²) in [6.45, 7) is 2.44. The third-order valence-corrected chi connectivity index (χ3v) is 6.96. The van der Waals surface area contributed by atoms with E-state index < -0.39 is 11.7 Å². The number of amidine groups is 1. The second-order valence-corrected chi connectivity index (χ2v) is 9.43. The van der Waals surface area contributed by atoms with E-state index in [0.29, 0.717) is 37.3 Å². The van der Waals surface area contributed by atoms with Gasteiger partial charge in [0.25, 0.3) is 0 Å². The van der Waals surface area contributed by atoms with Crippen LogP contribution in [0, 0.1) is 5.41 Å². The SMILES string of the molecule is Cn1cc(-c2cc3c(cc2C(F)(F)F)N(C(=N)C2=C(NC4CCOCC4)CCN(C=O)C2)CCO3)cn1. The summed E-state index contributed by atoms with van der Waals surface area (Å²) in [5.41, 5.74) is 1.10. The summed E-state index contributed by atoms with van der Waals surface area (Å²) in [6.07, 6.45) is 1.22. The van der Waals surface area contributed by atoms with Crippen molar-refractivity contribution in [2.75, 3.05) is 44.4 Å². The number of hydrogen-bond acceptors (Lipinski definition) is 6. The molecule has 2 aromatic rings. The minimum Gasteiger partial charge on any atom is -0.490 e. The quantitative estimate of drug-likeness (QED) is 0.359. The fourth-order valence-corrected chi connectivity index (χ4v) is 5.03. The molecule has 37 heavy (non-hydrogen) atoms. The summed E-state index contributed by atoms with van der Waals surface area (Å²) in [5.74, 6) is 0.332. The van der Waals surface area contributed by atoms with Crippen LogP contribution in [-0.4, -0.2) is 72.4 Å². The fourth-order valence-electron chi connectivity index (χ4n) is 5.03. The lowest BCUT2D eigenvalue weighted by Crippen LogP contribution is -2.46. The average molecular weight is 519 g/mol. The first-order valence-corrected chi connectivity index (χ1v) is 12.2. The Morgan fingerprint density at radius 2 is 2.00 bits per heavy atom.